The number of hydrogen-bond donors (Lipinski definition) is 0. The largest absolute Gasteiger partial charge is 0.455 e. The van der Waals surface area contributed by atoms with Crippen molar-refractivity contribution in [1.82, 2.24) is 4.90 Å². The van der Waals surface area contributed by atoms with Crippen LogP contribution in [0.5, 0.6) is 0 Å². The molecule has 1 amide bonds. The van der Waals surface area contributed by atoms with E-state index in [0.29, 0.717) is 25.6 Å². The molecule has 1 atom stereocenters. The lowest BCUT2D eigenvalue weighted by Gasteiger charge is -2.23. The van der Waals surface area contributed by atoms with E-state index in [-0.39, 0.29) is 11.9 Å². The lowest BCUT2D eigenvalue weighted by Crippen LogP contribution is -2.30. The van der Waals surface area contributed by atoms with E-state index in [1.165, 1.54) is 11.8 Å². The van der Waals surface area contributed by atoms with Gasteiger partial charge in [-0.1, -0.05) is 81.8 Å². The molecule has 136 valence electrons. The SMILES string of the molecule is CC(c1ccccc1)N1C(=O)/C(=C/c2oc3ccc(Br)cc3c2Cl)SC1=S. The molecule has 1 aromatic heterocycles. The van der Waals surface area contributed by atoms with Gasteiger partial charge in [0.25, 0.3) is 5.91 Å². The minimum Gasteiger partial charge on any atom is -0.455 e. The molecule has 27 heavy (non-hydrogen) atoms. The first-order valence-electron chi connectivity index (χ1n) is 8.15. The first-order valence-corrected chi connectivity index (χ1v) is 10.5. The predicted octanol–water partition coefficient (Wildman–Crippen LogP) is 6.81. The molecule has 0 aliphatic carbocycles. The Labute approximate surface area is 179 Å². The third kappa shape index (κ3) is 3.47. The van der Waals surface area contributed by atoms with Crippen LogP contribution < -0.4 is 0 Å². The number of amides is 1. The maximum Gasteiger partial charge on any atom is 0.266 e. The zero-order chi connectivity index (χ0) is 19.1. The number of furan rings is 1. The second-order valence-electron chi connectivity index (χ2n) is 6.06. The fraction of sp³-hybridized carbons (Fsp3) is 0.100. The Morgan fingerprint density at radius 3 is 2.74 bits per heavy atom. The summed E-state index contributed by atoms with van der Waals surface area (Å²) in [4.78, 5) is 15.1. The zero-order valence-electron chi connectivity index (χ0n) is 14.1. The zero-order valence-corrected chi connectivity index (χ0v) is 18.1. The van der Waals surface area contributed by atoms with Gasteiger partial charge >= 0.3 is 0 Å². The Balaban J connectivity index is 1.69. The fourth-order valence-electron chi connectivity index (χ4n) is 2.96. The van der Waals surface area contributed by atoms with Gasteiger partial charge in [-0.05, 0) is 30.7 Å². The van der Waals surface area contributed by atoms with Crippen molar-refractivity contribution in [1.29, 1.82) is 0 Å². The van der Waals surface area contributed by atoms with Crippen LogP contribution in [0, 0.1) is 0 Å². The van der Waals surface area contributed by atoms with Crippen LogP contribution in [0.4, 0.5) is 0 Å². The Bertz CT molecular complexity index is 1090. The second kappa shape index (κ2) is 7.43. The Hall–Kier alpha value is -1.60. The summed E-state index contributed by atoms with van der Waals surface area (Å²) in [5.74, 6) is 0.316. The van der Waals surface area contributed by atoms with Crippen LogP contribution in [0.2, 0.25) is 5.02 Å². The van der Waals surface area contributed by atoms with Crippen LogP contribution >= 0.6 is 51.5 Å². The molecule has 7 heteroatoms. The van der Waals surface area contributed by atoms with E-state index in [2.05, 4.69) is 15.9 Å². The lowest BCUT2D eigenvalue weighted by atomic mass is 10.1. The summed E-state index contributed by atoms with van der Waals surface area (Å²) in [6.45, 7) is 1.97. The van der Waals surface area contributed by atoms with Crippen LogP contribution in [-0.4, -0.2) is 15.1 Å². The molecule has 0 saturated carbocycles. The molecular formula is C20H13BrClNO2S2. The van der Waals surface area contributed by atoms with Gasteiger partial charge in [0, 0.05) is 15.9 Å². The average molecular weight is 479 g/mol. The van der Waals surface area contributed by atoms with E-state index in [1.807, 2.05) is 55.5 Å². The highest BCUT2D eigenvalue weighted by atomic mass is 79.9. The Kier molecular flexibility index (Phi) is 5.16. The molecule has 0 bridgehead atoms. The molecule has 1 aliphatic rings. The van der Waals surface area contributed by atoms with Gasteiger partial charge in [0.15, 0.2) is 0 Å². The second-order valence-corrected chi connectivity index (χ2v) is 9.03. The summed E-state index contributed by atoms with van der Waals surface area (Å²) in [6.07, 6.45) is 1.67. The maximum absolute atomic E-state index is 13.0. The third-order valence-corrected chi connectivity index (χ3v) is 6.58. The number of halogens is 2. The maximum atomic E-state index is 13.0. The van der Waals surface area contributed by atoms with E-state index in [4.69, 9.17) is 28.2 Å². The van der Waals surface area contributed by atoms with Crippen molar-refractivity contribution in [3.63, 3.8) is 0 Å². The summed E-state index contributed by atoms with van der Waals surface area (Å²) in [7, 11) is 0. The van der Waals surface area contributed by atoms with Crippen molar-refractivity contribution in [2.24, 2.45) is 0 Å². The van der Waals surface area contributed by atoms with Crippen molar-refractivity contribution in [3.8, 4) is 0 Å². The molecule has 1 aliphatic heterocycles. The fourth-order valence-corrected chi connectivity index (χ4v) is 4.96. The highest BCUT2D eigenvalue weighted by molar-refractivity contribution is 9.10. The molecule has 2 heterocycles. The topological polar surface area (TPSA) is 33.5 Å². The number of fused-ring (bicyclic) bond motifs is 1. The number of carbonyl (C=O) groups is 1. The third-order valence-electron chi connectivity index (χ3n) is 4.37. The van der Waals surface area contributed by atoms with Gasteiger partial charge in [0.1, 0.15) is 15.7 Å². The first kappa shape index (κ1) is 18.7. The van der Waals surface area contributed by atoms with Crippen molar-refractivity contribution >= 4 is 78.8 Å². The molecule has 1 fully saturated rings. The number of thiocarbonyl (C=S) groups is 1. The Morgan fingerprint density at radius 1 is 1.26 bits per heavy atom. The number of benzene rings is 2. The molecule has 0 radical (unpaired) electrons. The van der Waals surface area contributed by atoms with E-state index in [0.717, 1.165) is 15.4 Å². The van der Waals surface area contributed by atoms with Crippen LogP contribution in [0.15, 0.2) is 62.3 Å². The monoisotopic (exact) mass is 477 g/mol. The summed E-state index contributed by atoms with van der Waals surface area (Å²) in [5.41, 5.74) is 1.70. The standard InChI is InChI=1S/C20H13BrClNO2S2/c1-11(12-5-3-2-4-6-12)23-19(24)17(27-20(23)26)10-16-18(22)14-9-13(21)7-8-15(14)25-16/h2-11H,1H3/b17-10-. The van der Waals surface area contributed by atoms with E-state index in [1.54, 1.807) is 11.0 Å². The van der Waals surface area contributed by atoms with E-state index < -0.39 is 0 Å². The van der Waals surface area contributed by atoms with E-state index >= 15 is 0 Å². The van der Waals surface area contributed by atoms with Crippen LogP contribution in [0.1, 0.15) is 24.3 Å². The highest BCUT2D eigenvalue weighted by Crippen LogP contribution is 2.40. The first-order chi connectivity index (χ1) is 13.0. The van der Waals surface area contributed by atoms with E-state index in [9.17, 15) is 4.79 Å². The number of carbonyl (C=O) groups excluding carboxylic acids is 1. The number of thioether (sulfide) groups is 1. The van der Waals surface area contributed by atoms with Gasteiger partial charge in [-0.2, -0.15) is 0 Å². The quantitative estimate of drug-likeness (QED) is 0.306. The van der Waals surface area contributed by atoms with Gasteiger partial charge in [0.05, 0.1) is 16.0 Å². The molecular weight excluding hydrogens is 466 g/mol. The van der Waals surface area contributed by atoms with Gasteiger partial charge in [-0.15, -0.1) is 0 Å². The van der Waals surface area contributed by atoms with Crippen LogP contribution in [0.25, 0.3) is 17.0 Å². The number of nitrogens with zero attached hydrogens (tertiary/aromatic N) is 1. The minimum absolute atomic E-state index is 0.140. The predicted molar refractivity (Wildman–Crippen MR) is 119 cm³/mol. The average Bonchev–Trinajstić information content (AvgIpc) is 3.12. The summed E-state index contributed by atoms with van der Waals surface area (Å²) in [5, 5.41) is 1.28. The van der Waals surface area contributed by atoms with Crippen LogP contribution in [0.3, 0.4) is 0 Å². The molecule has 2 aromatic carbocycles. The molecule has 0 spiro atoms. The molecule has 3 nitrogen and oxygen atoms in total. The molecule has 0 N–H and O–H groups in total. The minimum atomic E-state index is -0.147. The number of rotatable bonds is 3. The molecule has 4 rings (SSSR count). The normalized spacial score (nSPS) is 17.3. The lowest BCUT2D eigenvalue weighted by molar-refractivity contribution is -0.123. The van der Waals surface area contributed by atoms with Crippen molar-refractivity contribution in [2.45, 2.75) is 13.0 Å². The van der Waals surface area contributed by atoms with Crippen molar-refractivity contribution in [3.05, 3.63) is 74.3 Å². The Morgan fingerprint density at radius 2 is 2.00 bits per heavy atom. The van der Waals surface area contributed by atoms with Gasteiger partial charge in [0.2, 0.25) is 0 Å². The van der Waals surface area contributed by atoms with Crippen molar-refractivity contribution < 1.29 is 9.21 Å². The van der Waals surface area contributed by atoms with Gasteiger partial charge < -0.3 is 4.42 Å². The van der Waals surface area contributed by atoms with Crippen molar-refractivity contribution in [2.75, 3.05) is 0 Å². The van der Waals surface area contributed by atoms with Crippen LogP contribution in [-0.2, 0) is 4.79 Å². The highest BCUT2D eigenvalue weighted by Gasteiger charge is 2.36. The van der Waals surface area contributed by atoms with Gasteiger partial charge in [-0.25, -0.2) is 0 Å². The number of hydrogen-bond acceptors (Lipinski definition) is 4. The summed E-state index contributed by atoms with van der Waals surface area (Å²) < 4.78 is 7.26. The molecule has 3 aromatic rings. The van der Waals surface area contributed by atoms with Gasteiger partial charge in [-0.3, -0.25) is 9.69 Å². The molecule has 1 saturated heterocycles. The summed E-state index contributed by atoms with van der Waals surface area (Å²) in [6, 6.07) is 15.3. The molecule has 1 unspecified atom stereocenters. The smallest absolute Gasteiger partial charge is 0.266 e. The summed E-state index contributed by atoms with van der Waals surface area (Å²) >= 11 is 16.6.